The summed E-state index contributed by atoms with van der Waals surface area (Å²) in [4.78, 5) is 19.2. The van der Waals surface area contributed by atoms with Crippen LogP contribution in [0, 0.1) is 0 Å². The topological polar surface area (TPSA) is 47.8 Å². The first kappa shape index (κ1) is 10.8. The number of nitrogens with zero attached hydrogens (tertiary/aromatic N) is 3. The van der Waals surface area contributed by atoms with E-state index < -0.39 is 0 Å². The highest BCUT2D eigenvalue weighted by Gasteiger charge is 2.01. The molecule has 0 aliphatic rings. The molecule has 0 atom stereocenters. The van der Waals surface area contributed by atoms with Crippen LogP contribution in [0.3, 0.4) is 0 Å². The second-order valence-electron chi connectivity index (χ2n) is 3.32. The average molecular weight is 236 g/mol. The molecule has 2 aromatic rings. The van der Waals surface area contributed by atoms with Gasteiger partial charge in [0.05, 0.1) is 0 Å². The summed E-state index contributed by atoms with van der Waals surface area (Å²) in [6, 6.07) is 3.85. The second-order valence-corrected chi connectivity index (χ2v) is 3.68. The molecule has 0 aliphatic carbocycles. The molecule has 0 unspecified atom stereocenters. The molecule has 82 valence electrons. The number of hydrogen-bond acceptors (Lipinski definition) is 3. The van der Waals surface area contributed by atoms with E-state index in [1.807, 2.05) is 12.1 Å². The average Bonchev–Trinajstić information content (AvgIpc) is 2.32. The van der Waals surface area contributed by atoms with Gasteiger partial charge >= 0.3 is 0 Å². The fourth-order valence-electron chi connectivity index (χ4n) is 1.40. The third-order valence-corrected chi connectivity index (χ3v) is 2.52. The Morgan fingerprint density at radius 1 is 1.25 bits per heavy atom. The number of aromatic nitrogens is 3. The molecule has 0 aliphatic heterocycles. The highest BCUT2D eigenvalue weighted by molar-refractivity contribution is 6.29. The van der Waals surface area contributed by atoms with Crippen LogP contribution in [0.15, 0.2) is 41.7 Å². The monoisotopic (exact) mass is 235 g/mol. The molecule has 2 aromatic heterocycles. The summed E-state index contributed by atoms with van der Waals surface area (Å²) in [6.07, 6.45) is 7.39. The Bertz CT molecular complexity index is 524. The molecule has 0 radical (unpaired) electrons. The first-order valence-corrected chi connectivity index (χ1v) is 5.25. The molecular formula is C11H10ClN3O. The Labute approximate surface area is 97.6 Å². The molecule has 16 heavy (non-hydrogen) atoms. The van der Waals surface area contributed by atoms with Crippen LogP contribution in [0.1, 0.15) is 5.56 Å². The van der Waals surface area contributed by atoms with Gasteiger partial charge in [0.25, 0.3) is 5.56 Å². The van der Waals surface area contributed by atoms with Gasteiger partial charge in [-0.25, -0.2) is 4.98 Å². The third kappa shape index (κ3) is 2.46. The number of aryl methyl sites for hydroxylation is 2. The fourth-order valence-corrected chi connectivity index (χ4v) is 1.56. The van der Waals surface area contributed by atoms with Crippen LogP contribution in [0.4, 0.5) is 0 Å². The molecule has 0 saturated carbocycles. The summed E-state index contributed by atoms with van der Waals surface area (Å²) in [5.74, 6) is 0. The predicted molar refractivity (Wildman–Crippen MR) is 61.4 cm³/mol. The van der Waals surface area contributed by atoms with Gasteiger partial charge in [-0.1, -0.05) is 11.6 Å². The quantitative estimate of drug-likeness (QED) is 0.811. The van der Waals surface area contributed by atoms with Crippen molar-refractivity contribution in [2.45, 2.75) is 13.0 Å². The van der Waals surface area contributed by atoms with Crippen LogP contribution in [0.5, 0.6) is 0 Å². The van der Waals surface area contributed by atoms with Gasteiger partial charge in [-0.05, 0) is 24.1 Å². The van der Waals surface area contributed by atoms with E-state index in [2.05, 4.69) is 9.97 Å². The normalized spacial score (nSPS) is 10.3. The van der Waals surface area contributed by atoms with E-state index >= 15 is 0 Å². The SMILES string of the molecule is O=c1c(Cl)nccn1CCc1ccncc1. The molecule has 2 rings (SSSR count). The molecule has 0 amide bonds. The van der Waals surface area contributed by atoms with E-state index in [1.54, 1.807) is 23.2 Å². The van der Waals surface area contributed by atoms with Crippen molar-refractivity contribution in [1.29, 1.82) is 0 Å². The lowest BCUT2D eigenvalue weighted by Gasteiger charge is -2.04. The molecule has 0 aromatic carbocycles. The van der Waals surface area contributed by atoms with Gasteiger partial charge in [-0.2, -0.15) is 0 Å². The molecule has 0 saturated heterocycles. The molecule has 2 heterocycles. The smallest absolute Gasteiger partial charge is 0.288 e. The number of hydrogen-bond donors (Lipinski definition) is 0. The van der Waals surface area contributed by atoms with Crippen molar-refractivity contribution in [3.8, 4) is 0 Å². The summed E-state index contributed by atoms with van der Waals surface area (Å²) in [5.41, 5.74) is 0.882. The first-order valence-electron chi connectivity index (χ1n) is 4.87. The van der Waals surface area contributed by atoms with Crippen molar-refractivity contribution in [2.24, 2.45) is 0 Å². The largest absolute Gasteiger partial charge is 0.311 e. The van der Waals surface area contributed by atoms with Gasteiger partial charge in [0.2, 0.25) is 0 Å². The maximum Gasteiger partial charge on any atom is 0.288 e. The summed E-state index contributed by atoms with van der Waals surface area (Å²) >= 11 is 5.64. The lowest BCUT2D eigenvalue weighted by molar-refractivity contribution is 0.663. The van der Waals surface area contributed by atoms with Crippen LogP contribution < -0.4 is 5.56 Å². The Morgan fingerprint density at radius 3 is 2.75 bits per heavy atom. The van der Waals surface area contributed by atoms with Crippen LogP contribution in [0.25, 0.3) is 0 Å². The van der Waals surface area contributed by atoms with E-state index in [-0.39, 0.29) is 10.7 Å². The standard InChI is InChI=1S/C11H10ClN3O/c12-10-11(16)15(8-6-14-10)7-3-9-1-4-13-5-2-9/h1-2,4-6,8H,3,7H2. The van der Waals surface area contributed by atoms with Crippen molar-refractivity contribution < 1.29 is 0 Å². The van der Waals surface area contributed by atoms with Crippen molar-refractivity contribution in [1.82, 2.24) is 14.5 Å². The zero-order valence-corrected chi connectivity index (χ0v) is 9.26. The van der Waals surface area contributed by atoms with Crippen LogP contribution in [-0.2, 0) is 13.0 Å². The van der Waals surface area contributed by atoms with Crippen LogP contribution in [-0.4, -0.2) is 14.5 Å². The van der Waals surface area contributed by atoms with E-state index in [1.165, 1.54) is 6.20 Å². The van der Waals surface area contributed by atoms with Gasteiger partial charge in [0.15, 0.2) is 5.15 Å². The third-order valence-electron chi connectivity index (χ3n) is 2.26. The molecular weight excluding hydrogens is 226 g/mol. The molecule has 5 heteroatoms. The Morgan fingerprint density at radius 2 is 2.00 bits per heavy atom. The fraction of sp³-hybridized carbons (Fsp3) is 0.182. The number of pyridine rings is 1. The minimum atomic E-state index is -0.252. The molecule has 0 N–H and O–H groups in total. The molecule has 0 spiro atoms. The molecule has 0 fully saturated rings. The van der Waals surface area contributed by atoms with Gasteiger partial charge in [-0.3, -0.25) is 9.78 Å². The van der Waals surface area contributed by atoms with E-state index in [4.69, 9.17) is 11.6 Å². The highest BCUT2D eigenvalue weighted by atomic mass is 35.5. The van der Waals surface area contributed by atoms with Crippen molar-refractivity contribution in [2.75, 3.05) is 0 Å². The van der Waals surface area contributed by atoms with Crippen LogP contribution >= 0.6 is 11.6 Å². The van der Waals surface area contributed by atoms with E-state index in [0.717, 1.165) is 12.0 Å². The Hall–Kier alpha value is -1.68. The minimum absolute atomic E-state index is 0.0113. The van der Waals surface area contributed by atoms with Crippen LogP contribution in [0.2, 0.25) is 5.15 Å². The maximum absolute atomic E-state index is 11.5. The van der Waals surface area contributed by atoms with E-state index in [0.29, 0.717) is 6.54 Å². The number of halogens is 1. The lowest BCUT2D eigenvalue weighted by atomic mass is 10.2. The van der Waals surface area contributed by atoms with Crippen molar-refractivity contribution in [3.63, 3.8) is 0 Å². The van der Waals surface area contributed by atoms with Crippen molar-refractivity contribution in [3.05, 3.63) is 58.0 Å². The highest BCUT2D eigenvalue weighted by Crippen LogP contribution is 2.00. The Balaban J connectivity index is 2.11. The predicted octanol–water partition coefficient (Wildman–Crippen LogP) is 1.53. The zero-order chi connectivity index (χ0) is 11.4. The minimum Gasteiger partial charge on any atom is -0.311 e. The maximum atomic E-state index is 11.5. The summed E-state index contributed by atoms with van der Waals surface area (Å²) in [7, 11) is 0. The van der Waals surface area contributed by atoms with Crippen molar-refractivity contribution >= 4 is 11.6 Å². The lowest BCUT2D eigenvalue weighted by Crippen LogP contribution is -2.21. The van der Waals surface area contributed by atoms with Gasteiger partial charge in [0, 0.05) is 31.3 Å². The van der Waals surface area contributed by atoms with Gasteiger partial charge in [-0.15, -0.1) is 0 Å². The Kier molecular flexibility index (Phi) is 3.31. The van der Waals surface area contributed by atoms with Gasteiger partial charge < -0.3 is 4.57 Å². The molecule has 0 bridgehead atoms. The molecule has 4 nitrogen and oxygen atoms in total. The second kappa shape index (κ2) is 4.90. The number of rotatable bonds is 3. The summed E-state index contributed by atoms with van der Waals surface area (Å²) in [5, 5.41) is 0.0113. The summed E-state index contributed by atoms with van der Waals surface area (Å²) < 4.78 is 1.55. The van der Waals surface area contributed by atoms with Gasteiger partial charge in [0.1, 0.15) is 0 Å². The summed E-state index contributed by atoms with van der Waals surface area (Å²) in [6.45, 7) is 0.588. The van der Waals surface area contributed by atoms with E-state index in [9.17, 15) is 4.79 Å². The zero-order valence-electron chi connectivity index (χ0n) is 8.51. The first-order chi connectivity index (χ1) is 7.77.